The zero-order valence-corrected chi connectivity index (χ0v) is 24.3. The van der Waals surface area contributed by atoms with E-state index in [1.165, 1.54) is 56.1 Å². The molecular weight excluding hydrogens is 494 g/mol. The first-order valence-electron chi connectivity index (χ1n) is 15.0. The maximum atomic E-state index is 13.5. The minimum atomic E-state index is -0.187. The molecule has 6 nitrogen and oxygen atoms in total. The van der Waals surface area contributed by atoms with E-state index in [2.05, 4.69) is 56.6 Å². The van der Waals surface area contributed by atoms with Crippen LogP contribution in [0.15, 0.2) is 71.7 Å². The predicted molar refractivity (Wildman–Crippen MR) is 164 cm³/mol. The number of pyridine rings is 1. The van der Waals surface area contributed by atoms with Crippen molar-refractivity contribution in [2.24, 2.45) is 5.92 Å². The van der Waals surface area contributed by atoms with Crippen molar-refractivity contribution in [1.82, 2.24) is 25.4 Å². The zero-order chi connectivity index (χ0) is 27.9. The third kappa shape index (κ3) is 7.16. The van der Waals surface area contributed by atoms with Gasteiger partial charge in [0.25, 0.3) is 5.91 Å². The Kier molecular flexibility index (Phi) is 9.27. The number of benzene rings is 1. The fourth-order valence-corrected chi connectivity index (χ4v) is 6.02. The topological polar surface area (TPSA) is 73.9 Å². The number of hydrogen-bond acceptors (Lipinski definition) is 4. The lowest BCUT2D eigenvalue weighted by Crippen LogP contribution is -2.22. The average molecular weight is 538 g/mol. The van der Waals surface area contributed by atoms with Crippen LogP contribution < -0.4 is 5.32 Å². The second-order valence-corrected chi connectivity index (χ2v) is 11.7. The molecule has 0 spiro atoms. The summed E-state index contributed by atoms with van der Waals surface area (Å²) < 4.78 is 0. The molecular formula is C34H43N5O. The number of nitrogens with zero attached hydrogens (tertiary/aromatic N) is 3. The van der Waals surface area contributed by atoms with Crippen molar-refractivity contribution in [3.8, 4) is 11.1 Å². The Labute approximate surface area is 238 Å². The second kappa shape index (κ2) is 13.2. The first kappa shape index (κ1) is 28.0. The van der Waals surface area contributed by atoms with Crippen LogP contribution in [0.3, 0.4) is 0 Å². The molecule has 2 N–H and O–H groups in total. The molecule has 1 aromatic carbocycles. The van der Waals surface area contributed by atoms with Crippen molar-refractivity contribution in [3.63, 3.8) is 0 Å². The molecule has 3 aromatic rings. The Morgan fingerprint density at radius 2 is 1.88 bits per heavy atom. The van der Waals surface area contributed by atoms with Gasteiger partial charge in [-0.3, -0.25) is 14.9 Å². The van der Waals surface area contributed by atoms with Gasteiger partial charge in [-0.05, 0) is 86.7 Å². The van der Waals surface area contributed by atoms with Gasteiger partial charge in [-0.25, -0.2) is 0 Å². The number of nitrogens with one attached hydrogen (secondary N) is 2. The van der Waals surface area contributed by atoms with E-state index in [0.717, 1.165) is 65.0 Å². The molecule has 6 heteroatoms. The quantitative estimate of drug-likeness (QED) is 0.274. The van der Waals surface area contributed by atoms with Crippen LogP contribution in [-0.4, -0.2) is 40.1 Å². The standard InChI is InChI=1S/C34H43N5O/c1-4-24-13-15-30(19-26(17-24)12-11-25-9-7-5-6-8-10-25)36-34(40)33-31-20-28(14-16-32(31)37-38-33)29-18-27(21-35-22-29)23-39(2)3/h14-22,25H,4-13,23H2,1-3H3,(H,36,40)(H,37,38). The molecule has 1 fully saturated rings. The summed E-state index contributed by atoms with van der Waals surface area (Å²) in [7, 11) is 4.10. The molecule has 0 bridgehead atoms. The molecule has 1 amide bonds. The van der Waals surface area contributed by atoms with Crippen molar-refractivity contribution in [3.05, 3.63) is 83.0 Å². The molecule has 1 saturated carbocycles. The van der Waals surface area contributed by atoms with Gasteiger partial charge in [0.05, 0.1) is 5.52 Å². The monoisotopic (exact) mass is 537 g/mol. The highest BCUT2D eigenvalue weighted by molar-refractivity contribution is 6.06. The Bertz CT molecular complexity index is 1420. The molecule has 5 rings (SSSR count). The van der Waals surface area contributed by atoms with E-state index in [9.17, 15) is 4.79 Å². The molecule has 2 aliphatic rings. The number of fused-ring (bicyclic) bond motifs is 1. The molecule has 0 unspecified atom stereocenters. The van der Waals surface area contributed by atoms with E-state index in [0.29, 0.717) is 5.69 Å². The summed E-state index contributed by atoms with van der Waals surface area (Å²) in [4.78, 5) is 20.1. The first-order valence-corrected chi connectivity index (χ1v) is 15.0. The summed E-state index contributed by atoms with van der Waals surface area (Å²) in [6, 6.07) is 8.23. The minimum Gasteiger partial charge on any atom is -0.321 e. The van der Waals surface area contributed by atoms with Crippen LogP contribution in [0.5, 0.6) is 0 Å². The highest BCUT2D eigenvalue weighted by Crippen LogP contribution is 2.30. The Hall–Kier alpha value is -3.51. The lowest BCUT2D eigenvalue weighted by molar-refractivity contribution is 0.0963. The second-order valence-electron chi connectivity index (χ2n) is 11.7. The summed E-state index contributed by atoms with van der Waals surface area (Å²) in [5, 5.41) is 11.4. The Balaban J connectivity index is 1.34. The summed E-state index contributed by atoms with van der Waals surface area (Å²) in [5.41, 5.74) is 8.05. The van der Waals surface area contributed by atoms with Crippen molar-refractivity contribution in [1.29, 1.82) is 0 Å². The van der Waals surface area contributed by atoms with Gasteiger partial charge in [-0.15, -0.1) is 0 Å². The molecule has 0 radical (unpaired) electrons. The number of amides is 1. The van der Waals surface area contributed by atoms with E-state index >= 15 is 0 Å². The highest BCUT2D eigenvalue weighted by atomic mass is 16.2. The summed E-state index contributed by atoms with van der Waals surface area (Å²) >= 11 is 0. The minimum absolute atomic E-state index is 0.187. The van der Waals surface area contributed by atoms with Crippen molar-refractivity contribution < 1.29 is 4.79 Å². The van der Waals surface area contributed by atoms with Crippen LogP contribution in [-0.2, 0) is 6.54 Å². The molecule has 40 heavy (non-hydrogen) atoms. The lowest BCUT2D eigenvalue weighted by atomic mass is 9.92. The van der Waals surface area contributed by atoms with E-state index in [1.807, 2.05) is 44.7 Å². The van der Waals surface area contributed by atoms with Gasteiger partial charge in [0.1, 0.15) is 0 Å². The van der Waals surface area contributed by atoms with Crippen LogP contribution in [0, 0.1) is 5.92 Å². The summed E-state index contributed by atoms with van der Waals surface area (Å²) in [6.07, 6.45) is 22.9. The van der Waals surface area contributed by atoms with Crippen LogP contribution in [0.25, 0.3) is 22.0 Å². The largest absolute Gasteiger partial charge is 0.321 e. The van der Waals surface area contributed by atoms with E-state index < -0.39 is 0 Å². The number of aromatic amines is 1. The Morgan fingerprint density at radius 3 is 2.65 bits per heavy atom. The zero-order valence-electron chi connectivity index (χ0n) is 24.3. The number of carbonyl (C=O) groups is 1. The summed E-state index contributed by atoms with van der Waals surface area (Å²) in [5.74, 6) is 0.643. The molecule has 0 aliphatic heterocycles. The van der Waals surface area contributed by atoms with Gasteiger partial charge in [0.15, 0.2) is 5.69 Å². The average Bonchev–Trinajstić information content (AvgIpc) is 3.08. The number of rotatable bonds is 9. The number of H-pyrrole nitrogens is 1. The third-order valence-corrected chi connectivity index (χ3v) is 8.25. The molecule has 0 atom stereocenters. The van der Waals surface area contributed by atoms with Crippen molar-refractivity contribution in [2.45, 2.75) is 77.7 Å². The van der Waals surface area contributed by atoms with Gasteiger partial charge in [0, 0.05) is 35.6 Å². The Morgan fingerprint density at radius 1 is 1.05 bits per heavy atom. The molecule has 2 aromatic heterocycles. The van der Waals surface area contributed by atoms with Gasteiger partial charge in [-0.1, -0.05) is 69.2 Å². The van der Waals surface area contributed by atoms with Crippen LogP contribution in [0.2, 0.25) is 0 Å². The van der Waals surface area contributed by atoms with Crippen LogP contribution >= 0.6 is 0 Å². The number of carbonyl (C=O) groups excluding carboxylic acids is 1. The maximum absolute atomic E-state index is 13.5. The van der Waals surface area contributed by atoms with Gasteiger partial charge >= 0.3 is 0 Å². The van der Waals surface area contributed by atoms with Crippen molar-refractivity contribution in [2.75, 3.05) is 14.1 Å². The highest BCUT2D eigenvalue weighted by Gasteiger charge is 2.18. The van der Waals surface area contributed by atoms with Gasteiger partial charge < -0.3 is 10.2 Å². The first-order chi connectivity index (χ1) is 19.5. The van der Waals surface area contributed by atoms with E-state index in [-0.39, 0.29) is 5.91 Å². The number of hydrogen-bond donors (Lipinski definition) is 2. The third-order valence-electron chi connectivity index (χ3n) is 8.25. The normalized spacial score (nSPS) is 16.8. The van der Waals surface area contributed by atoms with E-state index in [1.54, 1.807) is 0 Å². The van der Waals surface area contributed by atoms with E-state index in [4.69, 9.17) is 0 Å². The smallest absolute Gasteiger partial charge is 0.276 e. The predicted octanol–water partition coefficient (Wildman–Crippen LogP) is 7.72. The summed E-state index contributed by atoms with van der Waals surface area (Å²) in [6.45, 7) is 3.04. The fraction of sp³-hybridized carbons (Fsp3) is 0.441. The molecule has 2 aliphatic carbocycles. The lowest BCUT2D eigenvalue weighted by Gasteiger charge is -2.14. The SMILES string of the molecule is CCC1=CC(CCC2CCCCCC2)=CC(NC(=O)c2n[nH]c3ccc(-c4cncc(CN(C)C)c4)cc23)=CC1. The molecule has 2 heterocycles. The van der Waals surface area contributed by atoms with Gasteiger partial charge in [-0.2, -0.15) is 5.10 Å². The number of aromatic nitrogens is 3. The van der Waals surface area contributed by atoms with Crippen LogP contribution in [0.4, 0.5) is 0 Å². The number of allylic oxidation sites excluding steroid dienone is 5. The maximum Gasteiger partial charge on any atom is 0.276 e. The fourth-order valence-electron chi connectivity index (χ4n) is 6.02. The van der Waals surface area contributed by atoms with Crippen LogP contribution in [0.1, 0.15) is 87.2 Å². The van der Waals surface area contributed by atoms with Crippen molar-refractivity contribution >= 4 is 16.8 Å². The van der Waals surface area contributed by atoms with Gasteiger partial charge in [0.2, 0.25) is 0 Å². The molecule has 0 saturated heterocycles. The molecule has 210 valence electrons.